The van der Waals surface area contributed by atoms with Crippen LogP contribution >= 0.6 is 0 Å². The number of piperazine rings is 1. The molecule has 1 aromatic carbocycles. The lowest BCUT2D eigenvalue weighted by Gasteiger charge is -2.34. The van der Waals surface area contributed by atoms with Gasteiger partial charge in [-0.15, -0.1) is 0 Å². The van der Waals surface area contributed by atoms with E-state index in [1.54, 1.807) is 0 Å². The second-order valence-corrected chi connectivity index (χ2v) is 4.92. The highest BCUT2D eigenvalue weighted by Crippen LogP contribution is 2.19. The number of amides is 1. The fourth-order valence-electron chi connectivity index (χ4n) is 2.40. The zero-order chi connectivity index (χ0) is 13.8. The Morgan fingerprint density at radius 1 is 1.32 bits per heavy atom. The number of likely N-dealkylation sites (N-methyl/N-ethyl adjacent to an activating group) is 1. The van der Waals surface area contributed by atoms with Gasteiger partial charge in [-0.2, -0.15) is 0 Å². The highest BCUT2D eigenvalue weighted by molar-refractivity contribution is 5.99. The maximum Gasteiger partial charge on any atom is 0.256 e. The third kappa shape index (κ3) is 3.05. The number of carbonyl (C=O) groups is 1. The summed E-state index contributed by atoms with van der Waals surface area (Å²) in [5, 5.41) is 0. The van der Waals surface area contributed by atoms with E-state index >= 15 is 0 Å². The second kappa shape index (κ2) is 6.04. The number of benzene rings is 1. The lowest BCUT2D eigenvalue weighted by atomic mass is 10.1. The van der Waals surface area contributed by atoms with Crippen molar-refractivity contribution in [2.45, 2.75) is 13.8 Å². The molecule has 1 fully saturated rings. The summed E-state index contributed by atoms with van der Waals surface area (Å²) < 4.78 is 0. The first-order valence-corrected chi connectivity index (χ1v) is 6.74. The number of hydrazine groups is 1. The molecule has 0 spiro atoms. The van der Waals surface area contributed by atoms with Gasteiger partial charge in [-0.25, -0.2) is 0 Å². The zero-order valence-corrected chi connectivity index (χ0v) is 11.6. The molecule has 0 unspecified atom stereocenters. The predicted molar refractivity (Wildman–Crippen MR) is 77.0 cm³/mol. The maximum atomic E-state index is 12.5. The van der Waals surface area contributed by atoms with Gasteiger partial charge in [0.25, 0.3) is 5.91 Å². The summed E-state index contributed by atoms with van der Waals surface area (Å²) in [4.78, 5) is 16.7. The first kappa shape index (κ1) is 13.8. The van der Waals surface area contributed by atoms with Crippen LogP contribution in [0.25, 0.3) is 0 Å². The number of nitrogens with zero attached hydrogens (tertiary/aromatic N) is 2. The SMILES string of the molecule is CCN1CCN(C(=O)c2ccc(C)cc2NN)CC1. The van der Waals surface area contributed by atoms with Gasteiger partial charge >= 0.3 is 0 Å². The molecule has 1 amide bonds. The van der Waals surface area contributed by atoms with Crippen LogP contribution in [-0.4, -0.2) is 48.4 Å². The predicted octanol–water partition coefficient (Wildman–Crippen LogP) is 1.06. The number of rotatable bonds is 3. The van der Waals surface area contributed by atoms with Gasteiger partial charge in [0.2, 0.25) is 0 Å². The smallest absolute Gasteiger partial charge is 0.256 e. The molecule has 5 heteroatoms. The summed E-state index contributed by atoms with van der Waals surface area (Å²) in [5.41, 5.74) is 5.05. The van der Waals surface area contributed by atoms with Crippen LogP contribution < -0.4 is 11.3 Å². The van der Waals surface area contributed by atoms with E-state index in [0.717, 1.165) is 38.3 Å². The fourth-order valence-corrected chi connectivity index (χ4v) is 2.40. The third-order valence-electron chi connectivity index (χ3n) is 3.67. The number of nitrogens with two attached hydrogens (primary N) is 1. The molecule has 1 aliphatic rings. The van der Waals surface area contributed by atoms with E-state index in [9.17, 15) is 4.79 Å². The van der Waals surface area contributed by atoms with Crippen molar-refractivity contribution in [3.63, 3.8) is 0 Å². The molecule has 0 radical (unpaired) electrons. The van der Waals surface area contributed by atoms with Crippen LogP contribution in [0, 0.1) is 6.92 Å². The van der Waals surface area contributed by atoms with Crippen molar-refractivity contribution in [3.8, 4) is 0 Å². The summed E-state index contributed by atoms with van der Waals surface area (Å²) in [6, 6.07) is 5.69. The van der Waals surface area contributed by atoms with Crippen molar-refractivity contribution in [1.82, 2.24) is 9.80 Å². The number of carbonyl (C=O) groups excluding carboxylic acids is 1. The van der Waals surface area contributed by atoms with Gasteiger partial charge in [-0.1, -0.05) is 13.0 Å². The Kier molecular flexibility index (Phi) is 4.39. The Bertz CT molecular complexity index is 453. The first-order valence-electron chi connectivity index (χ1n) is 6.74. The van der Waals surface area contributed by atoms with Crippen LogP contribution in [0.5, 0.6) is 0 Å². The largest absolute Gasteiger partial charge is 0.336 e. The highest BCUT2D eigenvalue weighted by atomic mass is 16.2. The van der Waals surface area contributed by atoms with E-state index in [1.165, 1.54) is 0 Å². The maximum absolute atomic E-state index is 12.5. The molecule has 1 aliphatic heterocycles. The van der Waals surface area contributed by atoms with Crippen LogP contribution in [0.1, 0.15) is 22.8 Å². The topological polar surface area (TPSA) is 61.6 Å². The molecule has 1 aromatic rings. The molecule has 0 aromatic heterocycles. The first-order chi connectivity index (χ1) is 9.15. The minimum atomic E-state index is 0.0590. The number of aryl methyl sites for hydroxylation is 1. The summed E-state index contributed by atoms with van der Waals surface area (Å²) in [5.74, 6) is 5.56. The van der Waals surface area contributed by atoms with Crippen LogP contribution in [0.2, 0.25) is 0 Å². The molecule has 3 N–H and O–H groups in total. The van der Waals surface area contributed by atoms with E-state index in [0.29, 0.717) is 11.3 Å². The van der Waals surface area contributed by atoms with Gasteiger partial charge in [0.1, 0.15) is 0 Å². The standard InChI is InChI=1S/C14H22N4O/c1-3-17-6-8-18(9-7-17)14(19)12-5-4-11(2)10-13(12)16-15/h4-5,10,16H,3,6-9,15H2,1-2H3. The van der Waals surface area contributed by atoms with Crippen molar-refractivity contribution in [2.75, 3.05) is 38.1 Å². The molecule has 104 valence electrons. The van der Waals surface area contributed by atoms with E-state index < -0.39 is 0 Å². The van der Waals surface area contributed by atoms with Crippen molar-refractivity contribution in [1.29, 1.82) is 0 Å². The Labute approximate surface area is 114 Å². The van der Waals surface area contributed by atoms with Gasteiger partial charge < -0.3 is 15.2 Å². The molecule has 1 saturated heterocycles. The highest BCUT2D eigenvalue weighted by Gasteiger charge is 2.22. The van der Waals surface area contributed by atoms with Gasteiger partial charge in [0.15, 0.2) is 0 Å². The molecule has 1 heterocycles. The molecule has 0 bridgehead atoms. The second-order valence-electron chi connectivity index (χ2n) is 4.92. The monoisotopic (exact) mass is 262 g/mol. The minimum absolute atomic E-state index is 0.0590. The molecule has 0 atom stereocenters. The minimum Gasteiger partial charge on any atom is -0.336 e. The van der Waals surface area contributed by atoms with Gasteiger partial charge in [0, 0.05) is 26.2 Å². The number of anilines is 1. The van der Waals surface area contributed by atoms with E-state index in [4.69, 9.17) is 5.84 Å². The van der Waals surface area contributed by atoms with Crippen molar-refractivity contribution in [2.24, 2.45) is 5.84 Å². The molecule has 19 heavy (non-hydrogen) atoms. The Balaban J connectivity index is 2.12. The van der Waals surface area contributed by atoms with Crippen LogP contribution in [0.15, 0.2) is 18.2 Å². The van der Waals surface area contributed by atoms with Crippen LogP contribution in [0.3, 0.4) is 0 Å². The van der Waals surface area contributed by atoms with Crippen molar-refractivity contribution >= 4 is 11.6 Å². The summed E-state index contributed by atoms with van der Waals surface area (Å²) in [6.07, 6.45) is 0. The molecular formula is C14H22N4O. The normalized spacial score (nSPS) is 16.5. The summed E-state index contributed by atoms with van der Waals surface area (Å²) in [7, 11) is 0. The van der Waals surface area contributed by atoms with Crippen LogP contribution in [-0.2, 0) is 0 Å². The quantitative estimate of drug-likeness (QED) is 0.631. The van der Waals surface area contributed by atoms with Gasteiger partial charge in [0.05, 0.1) is 11.3 Å². The lowest BCUT2D eigenvalue weighted by molar-refractivity contribution is 0.0644. The Morgan fingerprint density at radius 2 is 2.00 bits per heavy atom. The fraction of sp³-hybridized carbons (Fsp3) is 0.500. The van der Waals surface area contributed by atoms with E-state index in [2.05, 4.69) is 17.2 Å². The van der Waals surface area contributed by atoms with Gasteiger partial charge in [-0.05, 0) is 31.2 Å². The molecule has 0 saturated carbocycles. The lowest BCUT2D eigenvalue weighted by Crippen LogP contribution is -2.48. The van der Waals surface area contributed by atoms with Crippen molar-refractivity contribution < 1.29 is 4.79 Å². The molecule has 5 nitrogen and oxygen atoms in total. The molecular weight excluding hydrogens is 240 g/mol. The average Bonchev–Trinajstić information content (AvgIpc) is 2.46. The number of nitrogens with one attached hydrogen (secondary N) is 1. The average molecular weight is 262 g/mol. The van der Waals surface area contributed by atoms with E-state index in [1.807, 2.05) is 30.0 Å². The number of hydrogen-bond acceptors (Lipinski definition) is 4. The molecule has 0 aliphatic carbocycles. The summed E-state index contributed by atoms with van der Waals surface area (Å²) in [6.45, 7) is 8.62. The summed E-state index contributed by atoms with van der Waals surface area (Å²) >= 11 is 0. The number of hydrogen-bond donors (Lipinski definition) is 2. The van der Waals surface area contributed by atoms with Crippen LogP contribution in [0.4, 0.5) is 5.69 Å². The zero-order valence-electron chi connectivity index (χ0n) is 11.6. The van der Waals surface area contributed by atoms with E-state index in [-0.39, 0.29) is 5.91 Å². The third-order valence-corrected chi connectivity index (χ3v) is 3.67. The number of nitrogen functional groups attached to an aromatic ring is 1. The van der Waals surface area contributed by atoms with Crippen molar-refractivity contribution in [3.05, 3.63) is 29.3 Å². The Hall–Kier alpha value is -1.59. The molecule has 2 rings (SSSR count). The Morgan fingerprint density at radius 3 is 2.58 bits per heavy atom. The van der Waals surface area contributed by atoms with Gasteiger partial charge in [-0.3, -0.25) is 10.6 Å².